The van der Waals surface area contributed by atoms with Crippen LogP contribution in [-0.4, -0.2) is 32.2 Å². The summed E-state index contributed by atoms with van der Waals surface area (Å²) < 4.78 is 5.29. The van der Waals surface area contributed by atoms with Crippen LogP contribution in [0.25, 0.3) is 0 Å². The smallest absolute Gasteiger partial charge is 0.253 e. The molecule has 18 heavy (non-hydrogen) atoms. The molecule has 1 amide bonds. The third kappa shape index (κ3) is 3.23. The molecule has 1 aromatic rings. The molecule has 0 saturated carbocycles. The largest absolute Gasteiger partial charge is 0.385 e. The van der Waals surface area contributed by atoms with Crippen LogP contribution in [0, 0.1) is 5.92 Å². The molecule has 0 spiro atoms. The lowest BCUT2D eigenvalue weighted by Gasteiger charge is -2.12. The van der Waals surface area contributed by atoms with E-state index in [2.05, 4.69) is 10.6 Å². The van der Waals surface area contributed by atoms with Gasteiger partial charge in [0.1, 0.15) is 0 Å². The second-order valence-electron chi connectivity index (χ2n) is 4.52. The van der Waals surface area contributed by atoms with Crippen molar-refractivity contribution in [2.75, 3.05) is 31.6 Å². The van der Waals surface area contributed by atoms with Crippen LogP contribution in [0.1, 0.15) is 23.7 Å². The number of hydrogen-bond acceptors (Lipinski definition) is 3. The minimum atomic E-state index is -0.0153. The maximum absolute atomic E-state index is 12.1. The summed E-state index contributed by atoms with van der Waals surface area (Å²) in [5, 5.41) is 6.18. The van der Waals surface area contributed by atoms with Gasteiger partial charge < -0.3 is 15.4 Å². The molecule has 1 aliphatic rings. The van der Waals surface area contributed by atoms with Crippen molar-refractivity contribution in [3.63, 3.8) is 0 Å². The Bertz CT molecular complexity index is 401. The first-order chi connectivity index (χ1) is 8.81. The minimum absolute atomic E-state index is 0.0153. The lowest BCUT2D eigenvalue weighted by molar-refractivity contribution is 0.0946. The zero-order valence-electron chi connectivity index (χ0n) is 10.7. The van der Waals surface area contributed by atoms with Crippen molar-refractivity contribution in [3.05, 3.63) is 29.8 Å². The third-order valence-electron chi connectivity index (χ3n) is 3.11. The molecule has 4 heteroatoms. The Morgan fingerprint density at radius 1 is 1.44 bits per heavy atom. The fraction of sp³-hybridized carbons (Fsp3) is 0.500. The van der Waals surface area contributed by atoms with E-state index in [-0.39, 0.29) is 5.91 Å². The molecule has 1 aromatic carbocycles. The van der Waals surface area contributed by atoms with Gasteiger partial charge in [0.05, 0.1) is 12.2 Å². The number of anilines is 1. The van der Waals surface area contributed by atoms with Crippen molar-refractivity contribution < 1.29 is 9.53 Å². The number of ether oxygens (including phenoxy) is 1. The quantitative estimate of drug-likeness (QED) is 0.836. The second kappa shape index (κ2) is 6.40. The van der Waals surface area contributed by atoms with E-state index in [1.165, 1.54) is 0 Å². The fourth-order valence-electron chi connectivity index (χ4n) is 2.10. The van der Waals surface area contributed by atoms with Crippen molar-refractivity contribution in [1.29, 1.82) is 0 Å². The molecule has 98 valence electrons. The van der Waals surface area contributed by atoms with Gasteiger partial charge in [0.25, 0.3) is 5.91 Å². The third-order valence-corrected chi connectivity index (χ3v) is 3.11. The van der Waals surface area contributed by atoms with Crippen LogP contribution in [0.2, 0.25) is 0 Å². The van der Waals surface area contributed by atoms with Crippen LogP contribution in [-0.2, 0) is 4.74 Å². The summed E-state index contributed by atoms with van der Waals surface area (Å²) in [5.41, 5.74) is 1.60. The van der Waals surface area contributed by atoms with E-state index < -0.39 is 0 Å². The molecule has 2 N–H and O–H groups in total. The highest BCUT2D eigenvalue weighted by Crippen LogP contribution is 2.15. The monoisotopic (exact) mass is 248 g/mol. The topological polar surface area (TPSA) is 50.4 Å². The Kier molecular flexibility index (Phi) is 4.59. The molecule has 1 saturated heterocycles. The molecule has 0 bridgehead atoms. The molecule has 0 aromatic heterocycles. The summed E-state index contributed by atoms with van der Waals surface area (Å²) in [6.45, 7) is 5.09. The maximum atomic E-state index is 12.1. The fourth-order valence-corrected chi connectivity index (χ4v) is 2.10. The average molecular weight is 248 g/mol. The van der Waals surface area contributed by atoms with Crippen LogP contribution in [0.5, 0.6) is 0 Å². The van der Waals surface area contributed by atoms with Crippen molar-refractivity contribution in [1.82, 2.24) is 5.32 Å². The predicted molar refractivity (Wildman–Crippen MR) is 71.9 cm³/mol. The number of para-hydroxylation sites is 1. The summed E-state index contributed by atoms with van der Waals surface area (Å²) in [4.78, 5) is 12.1. The minimum Gasteiger partial charge on any atom is -0.385 e. The Hall–Kier alpha value is -1.55. The van der Waals surface area contributed by atoms with Crippen LogP contribution >= 0.6 is 0 Å². The van der Waals surface area contributed by atoms with Gasteiger partial charge in [0, 0.05) is 31.3 Å². The molecule has 1 aliphatic heterocycles. The van der Waals surface area contributed by atoms with Crippen LogP contribution in [0.3, 0.4) is 0 Å². The molecule has 0 radical (unpaired) electrons. The van der Waals surface area contributed by atoms with Crippen molar-refractivity contribution in [2.45, 2.75) is 13.3 Å². The van der Waals surface area contributed by atoms with Gasteiger partial charge in [0.15, 0.2) is 0 Å². The lowest BCUT2D eigenvalue weighted by atomic mass is 10.1. The normalized spacial score (nSPS) is 18.6. The SMILES string of the molecule is CCNc1ccccc1C(=O)NCC1CCOC1. The molecule has 1 unspecified atom stereocenters. The first-order valence-electron chi connectivity index (χ1n) is 6.50. The van der Waals surface area contributed by atoms with Gasteiger partial charge in [-0.1, -0.05) is 12.1 Å². The van der Waals surface area contributed by atoms with E-state index in [1.54, 1.807) is 0 Å². The Balaban J connectivity index is 1.94. The van der Waals surface area contributed by atoms with E-state index in [0.717, 1.165) is 31.9 Å². The predicted octanol–water partition coefficient (Wildman–Crippen LogP) is 1.88. The van der Waals surface area contributed by atoms with Gasteiger partial charge in [-0.3, -0.25) is 4.79 Å². The summed E-state index contributed by atoms with van der Waals surface area (Å²) in [7, 11) is 0. The van der Waals surface area contributed by atoms with Gasteiger partial charge >= 0.3 is 0 Å². The van der Waals surface area contributed by atoms with E-state index in [1.807, 2.05) is 31.2 Å². The molecule has 1 heterocycles. The maximum Gasteiger partial charge on any atom is 0.253 e. The summed E-state index contributed by atoms with van der Waals surface area (Å²) in [6, 6.07) is 7.59. The van der Waals surface area contributed by atoms with Gasteiger partial charge in [-0.15, -0.1) is 0 Å². The van der Waals surface area contributed by atoms with Gasteiger partial charge in [-0.2, -0.15) is 0 Å². The van der Waals surface area contributed by atoms with Gasteiger partial charge in [-0.25, -0.2) is 0 Å². The number of carbonyl (C=O) groups is 1. The Morgan fingerprint density at radius 2 is 2.28 bits per heavy atom. The molecule has 1 fully saturated rings. The lowest BCUT2D eigenvalue weighted by Crippen LogP contribution is -2.30. The highest BCUT2D eigenvalue weighted by Gasteiger charge is 2.17. The Morgan fingerprint density at radius 3 is 3.00 bits per heavy atom. The summed E-state index contributed by atoms with van der Waals surface area (Å²) in [5.74, 6) is 0.443. The van der Waals surface area contributed by atoms with E-state index in [4.69, 9.17) is 4.74 Å². The number of rotatable bonds is 5. The summed E-state index contributed by atoms with van der Waals surface area (Å²) >= 11 is 0. The highest BCUT2D eigenvalue weighted by atomic mass is 16.5. The molecule has 0 aliphatic carbocycles. The molecular formula is C14H20N2O2. The van der Waals surface area contributed by atoms with Gasteiger partial charge in [0.2, 0.25) is 0 Å². The molecule has 1 atom stereocenters. The first-order valence-corrected chi connectivity index (χ1v) is 6.50. The van der Waals surface area contributed by atoms with E-state index in [0.29, 0.717) is 18.0 Å². The number of nitrogens with one attached hydrogen (secondary N) is 2. The van der Waals surface area contributed by atoms with E-state index in [9.17, 15) is 4.79 Å². The number of hydrogen-bond donors (Lipinski definition) is 2. The average Bonchev–Trinajstić information content (AvgIpc) is 2.90. The number of benzene rings is 1. The number of amides is 1. The van der Waals surface area contributed by atoms with Crippen molar-refractivity contribution >= 4 is 11.6 Å². The van der Waals surface area contributed by atoms with Crippen LogP contribution < -0.4 is 10.6 Å². The summed E-state index contributed by atoms with van der Waals surface area (Å²) in [6.07, 6.45) is 1.04. The molecule has 2 rings (SSSR count). The zero-order valence-corrected chi connectivity index (χ0v) is 10.7. The highest BCUT2D eigenvalue weighted by molar-refractivity contribution is 5.99. The molecule has 4 nitrogen and oxygen atoms in total. The number of carbonyl (C=O) groups excluding carboxylic acids is 1. The zero-order chi connectivity index (χ0) is 12.8. The van der Waals surface area contributed by atoms with Crippen molar-refractivity contribution in [2.24, 2.45) is 5.92 Å². The van der Waals surface area contributed by atoms with Crippen LogP contribution in [0.15, 0.2) is 24.3 Å². The first kappa shape index (κ1) is 12.9. The van der Waals surface area contributed by atoms with Crippen molar-refractivity contribution in [3.8, 4) is 0 Å². The molecular weight excluding hydrogens is 228 g/mol. The van der Waals surface area contributed by atoms with E-state index >= 15 is 0 Å². The Labute approximate surface area is 108 Å². The van der Waals surface area contributed by atoms with Gasteiger partial charge in [-0.05, 0) is 25.5 Å². The van der Waals surface area contributed by atoms with Crippen LogP contribution in [0.4, 0.5) is 5.69 Å². The standard InChI is InChI=1S/C14H20N2O2/c1-2-15-13-6-4-3-5-12(13)14(17)16-9-11-7-8-18-10-11/h3-6,11,15H,2,7-10H2,1H3,(H,16,17). The second-order valence-corrected chi connectivity index (χ2v) is 4.52.